The maximum absolute atomic E-state index is 13.5. The van der Waals surface area contributed by atoms with Crippen LogP contribution in [0.25, 0.3) is 0 Å². The molecule has 0 radical (unpaired) electrons. The molecule has 1 N–H and O–H groups in total. The first-order valence-electron chi connectivity index (χ1n) is 11.8. The molecule has 5 rings (SSSR count). The summed E-state index contributed by atoms with van der Waals surface area (Å²) in [4.78, 5) is 31.5. The predicted molar refractivity (Wildman–Crippen MR) is 111 cm³/mol. The fourth-order valence-corrected chi connectivity index (χ4v) is 8.38. The molecule has 0 bridgehead atoms. The summed E-state index contributed by atoms with van der Waals surface area (Å²) in [5, 5.41) is 7.97. The van der Waals surface area contributed by atoms with Crippen molar-refractivity contribution in [3.05, 3.63) is 0 Å². The van der Waals surface area contributed by atoms with Gasteiger partial charge in [-0.15, -0.1) is 0 Å². The van der Waals surface area contributed by atoms with Crippen molar-refractivity contribution in [3.8, 4) is 0 Å². The normalized spacial score (nSPS) is 50.9. The third-order valence-electron chi connectivity index (χ3n) is 9.88. The van der Waals surface area contributed by atoms with E-state index in [9.17, 15) is 9.59 Å². The Hall–Kier alpha value is -1.23. The number of Topliss-reactive ketones (excluding diaryl/α,β-unsaturated/α-hetero) is 2. The number of hydrogen-bond donors (Lipinski definition) is 1. The molecule has 1 unspecified atom stereocenters. The number of carbonyl (C=O) groups is 2. The molecule has 29 heavy (non-hydrogen) atoms. The summed E-state index contributed by atoms with van der Waals surface area (Å²) in [7, 11) is 1.56. The van der Waals surface area contributed by atoms with Gasteiger partial charge in [0.25, 0.3) is 0 Å². The van der Waals surface area contributed by atoms with Gasteiger partial charge >= 0.3 is 0 Å². The maximum Gasteiger partial charge on any atom is 0.145 e. The first-order chi connectivity index (χ1) is 13.9. The maximum atomic E-state index is 13.5. The summed E-state index contributed by atoms with van der Waals surface area (Å²) >= 11 is 0. The number of oxime groups is 1. The van der Waals surface area contributed by atoms with Gasteiger partial charge in [0, 0.05) is 36.1 Å². The van der Waals surface area contributed by atoms with Crippen LogP contribution in [0.15, 0.2) is 5.16 Å². The van der Waals surface area contributed by atoms with Crippen molar-refractivity contribution in [2.45, 2.75) is 77.7 Å². The number of fused-ring (bicyclic) bond motifs is 5. The highest BCUT2D eigenvalue weighted by Gasteiger charge is 2.64. The van der Waals surface area contributed by atoms with E-state index in [1.54, 1.807) is 7.11 Å². The third kappa shape index (κ3) is 2.79. The SMILES string of the molecule is CON=C1CC(=O)[C@@]2(C)CC[C@H]3[C@@H](CC(=O)[C@H]4CC([C@@H]5CCCN5)CC[C@@]43C)[C@H]12. The minimum atomic E-state index is -0.354. The van der Waals surface area contributed by atoms with Crippen LogP contribution in [0.1, 0.15) is 71.6 Å². The van der Waals surface area contributed by atoms with Gasteiger partial charge in [-0.2, -0.15) is 0 Å². The van der Waals surface area contributed by atoms with Gasteiger partial charge in [0.15, 0.2) is 0 Å². The van der Waals surface area contributed by atoms with E-state index in [2.05, 4.69) is 24.3 Å². The van der Waals surface area contributed by atoms with Gasteiger partial charge in [-0.3, -0.25) is 9.59 Å². The van der Waals surface area contributed by atoms with E-state index in [4.69, 9.17) is 4.84 Å². The second-order valence-electron chi connectivity index (χ2n) is 11.0. The van der Waals surface area contributed by atoms with Gasteiger partial charge < -0.3 is 10.2 Å². The second kappa shape index (κ2) is 6.90. The molecule has 5 fully saturated rings. The Kier molecular flexibility index (Phi) is 4.69. The third-order valence-corrected chi connectivity index (χ3v) is 9.88. The number of hydrogen-bond acceptors (Lipinski definition) is 5. The monoisotopic (exact) mass is 400 g/mol. The number of nitrogens with zero attached hydrogens (tertiary/aromatic N) is 1. The predicted octanol–water partition coefficient (Wildman–Crippen LogP) is 3.76. The molecule has 8 atom stereocenters. The zero-order valence-corrected chi connectivity index (χ0v) is 18.2. The first-order valence-corrected chi connectivity index (χ1v) is 11.8. The van der Waals surface area contributed by atoms with Crippen LogP contribution in [-0.4, -0.2) is 37.0 Å². The van der Waals surface area contributed by atoms with Crippen molar-refractivity contribution >= 4 is 17.3 Å². The van der Waals surface area contributed by atoms with E-state index in [0.717, 1.165) is 37.9 Å². The Morgan fingerprint density at radius 2 is 1.97 bits per heavy atom. The topological polar surface area (TPSA) is 67.8 Å². The molecule has 1 heterocycles. The summed E-state index contributed by atoms with van der Waals surface area (Å²) in [6.45, 7) is 5.66. The number of ketones is 2. The van der Waals surface area contributed by atoms with Crippen molar-refractivity contribution in [2.75, 3.05) is 13.7 Å². The van der Waals surface area contributed by atoms with Crippen molar-refractivity contribution in [1.29, 1.82) is 0 Å². The second-order valence-corrected chi connectivity index (χ2v) is 11.0. The number of carbonyl (C=O) groups excluding carboxylic acids is 2. The molecule has 1 saturated heterocycles. The van der Waals surface area contributed by atoms with Gasteiger partial charge in [-0.25, -0.2) is 0 Å². The van der Waals surface area contributed by atoms with Crippen molar-refractivity contribution < 1.29 is 14.4 Å². The average molecular weight is 401 g/mol. The van der Waals surface area contributed by atoms with Crippen LogP contribution in [0.5, 0.6) is 0 Å². The lowest BCUT2D eigenvalue weighted by Crippen LogP contribution is -2.58. The fourth-order valence-electron chi connectivity index (χ4n) is 8.38. The molecule has 5 nitrogen and oxygen atoms in total. The van der Waals surface area contributed by atoms with Crippen LogP contribution in [0.3, 0.4) is 0 Å². The molecule has 4 saturated carbocycles. The first kappa shape index (κ1) is 19.7. The molecule has 0 aromatic heterocycles. The van der Waals surface area contributed by atoms with E-state index < -0.39 is 0 Å². The van der Waals surface area contributed by atoms with Crippen LogP contribution in [-0.2, 0) is 14.4 Å². The fraction of sp³-hybridized carbons (Fsp3) is 0.875. The number of nitrogens with one attached hydrogen (secondary N) is 1. The van der Waals surface area contributed by atoms with Crippen LogP contribution in [0.2, 0.25) is 0 Å². The quantitative estimate of drug-likeness (QED) is 0.717. The molecule has 1 aliphatic heterocycles. The van der Waals surface area contributed by atoms with Crippen LogP contribution < -0.4 is 5.32 Å². The van der Waals surface area contributed by atoms with Crippen LogP contribution in [0.4, 0.5) is 0 Å². The van der Waals surface area contributed by atoms with Crippen LogP contribution in [0, 0.1) is 40.4 Å². The molecular weight excluding hydrogens is 364 g/mol. The van der Waals surface area contributed by atoms with Gasteiger partial charge in [-0.05, 0) is 74.7 Å². The molecule has 5 aliphatic rings. The minimum absolute atomic E-state index is 0.0836. The van der Waals surface area contributed by atoms with Crippen LogP contribution >= 0.6 is 0 Å². The summed E-state index contributed by atoms with van der Waals surface area (Å²) in [6.07, 6.45) is 9.05. The van der Waals surface area contributed by atoms with Gasteiger partial charge in [0.05, 0.1) is 5.71 Å². The van der Waals surface area contributed by atoms with Crippen molar-refractivity contribution in [1.82, 2.24) is 5.32 Å². The summed E-state index contributed by atoms with van der Waals surface area (Å²) in [5.74, 6) is 2.48. The van der Waals surface area contributed by atoms with E-state index in [-0.39, 0.29) is 28.6 Å². The standard InChI is InChI=1S/C24H36N2O3/c1-23-8-6-14(18-5-4-10-25-18)11-17(23)20(27)12-15-16(23)7-9-24(2)21(28)13-19(22(15)24)26-29-3/h14-18,22,25H,4-13H2,1-3H3/t14?,15-,16+,17-,18+,22-,23-,24-/m1/s1. The Morgan fingerprint density at radius 1 is 1.14 bits per heavy atom. The lowest BCUT2D eigenvalue weighted by atomic mass is 9.44. The lowest BCUT2D eigenvalue weighted by Gasteiger charge is -2.59. The molecule has 4 aliphatic carbocycles. The lowest BCUT2D eigenvalue weighted by molar-refractivity contribution is -0.155. The van der Waals surface area contributed by atoms with Crippen molar-refractivity contribution in [2.24, 2.45) is 45.6 Å². The molecule has 0 amide bonds. The molecule has 160 valence electrons. The number of rotatable bonds is 2. The zero-order valence-electron chi connectivity index (χ0n) is 18.2. The highest BCUT2D eigenvalue weighted by Crippen LogP contribution is 2.64. The van der Waals surface area contributed by atoms with E-state index in [0.29, 0.717) is 42.3 Å². The Bertz CT molecular complexity index is 742. The Balaban J connectivity index is 1.45. The summed E-state index contributed by atoms with van der Waals surface area (Å²) < 4.78 is 0. The zero-order chi connectivity index (χ0) is 20.4. The Labute approximate surface area is 174 Å². The van der Waals surface area contributed by atoms with Gasteiger partial charge in [0.2, 0.25) is 0 Å². The van der Waals surface area contributed by atoms with Crippen molar-refractivity contribution in [3.63, 3.8) is 0 Å². The molecule has 0 aromatic rings. The summed E-state index contributed by atoms with van der Waals surface area (Å²) in [6, 6.07) is 0.618. The molecular formula is C24H36N2O3. The average Bonchev–Trinajstić information content (AvgIpc) is 3.29. The minimum Gasteiger partial charge on any atom is -0.399 e. The van der Waals surface area contributed by atoms with Gasteiger partial charge in [-0.1, -0.05) is 19.0 Å². The largest absolute Gasteiger partial charge is 0.399 e. The van der Waals surface area contributed by atoms with E-state index in [1.165, 1.54) is 19.3 Å². The highest BCUT2D eigenvalue weighted by molar-refractivity contribution is 6.13. The molecule has 0 spiro atoms. The Morgan fingerprint density at radius 3 is 2.69 bits per heavy atom. The van der Waals surface area contributed by atoms with Gasteiger partial charge in [0.1, 0.15) is 18.7 Å². The highest BCUT2D eigenvalue weighted by atomic mass is 16.6. The summed E-state index contributed by atoms with van der Waals surface area (Å²) in [5.41, 5.74) is 0.626. The molecule has 0 aromatic carbocycles. The molecule has 5 heteroatoms. The smallest absolute Gasteiger partial charge is 0.145 e. The van der Waals surface area contributed by atoms with E-state index in [1.807, 2.05) is 0 Å². The van der Waals surface area contributed by atoms with E-state index >= 15 is 0 Å².